The summed E-state index contributed by atoms with van der Waals surface area (Å²) in [4.78, 5) is 22.7. The molecule has 1 heterocycles. The fraction of sp³-hybridized carbons (Fsp3) is 0.583. The fourth-order valence-electron chi connectivity index (χ4n) is 2.57. The van der Waals surface area contributed by atoms with Crippen LogP contribution in [-0.4, -0.2) is 28.8 Å². The lowest BCUT2D eigenvalue weighted by atomic mass is 9.86. The number of nitrogens with two attached hydrogens (primary N) is 2. The molecule has 1 amide bonds. The van der Waals surface area contributed by atoms with E-state index in [1.807, 2.05) is 0 Å². The van der Waals surface area contributed by atoms with Gasteiger partial charge in [0.25, 0.3) is 5.91 Å². The topological polar surface area (TPSA) is 113 Å². The van der Waals surface area contributed by atoms with E-state index in [0.29, 0.717) is 6.42 Å². The molecule has 2 atom stereocenters. The standard InChI is InChI=1S/C12H18N4O3/c1-19-12(18)7-3-2-4-8(5-7)16-6-9(13)10(15-16)11(14)17/h6-8H,2-5,13H2,1H3,(H2,14,17). The Bertz CT molecular complexity index is 497. The van der Waals surface area contributed by atoms with Crippen LogP contribution in [0.25, 0.3) is 0 Å². The maximum atomic E-state index is 11.6. The molecule has 0 aromatic carbocycles. The van der Waals surface area contributed by atoms with E-state index in [-0.39, 0.29) is 29.3 Å². The first-order valence-electron chi connectivity index (χ1n) is 6.25. The van der Waals surface area contributed by atoms with Crippen LogP contribution in [0.3, 0.4) is 0 Å². The molecule has 1 aliphatic carbocycles. The number of esters is 1. The number of rotatable bonds is 3. The lowest BCUT2D eigenvalue weighted by Crippen LogP contribution is -2.26. The monoisotopic (exact) mass is 266 g/mol. The Labute approximate surface area is 110 Å². The number of hydrogen-bond donors (Lipinski definition) is 2. The highest BCUT2D eigenvalue weighted by Crippen LogP contribution is 2.33. The van der Waals surface area contributed by atoms with E-state index in [9.17, 15) is 9.59 Å². The quantitative estimate of drug-likeness (QED) is 0.772. The van der Waals surface area contributed by atoms with Gasteiger partial charge in [0.15, 0.2) is 5.69 Å². The van der Waals surface area contributed by atoms with E-state index in [1.54, 1.807) is 10.9 Å². The maximum absolute atomic E-state index is 11.6. The first kappa shape index (κ1) is 13.4. The van der Waals surface area contributed by atoms with Gasteiger partial charge in [0.2, 0.25) is 0 Å². The van der Waals surface area contributed by atoms with Crippen LogP contribution in [-0.2, 0) is 9.53 Å². The van der Waals surface area contributed by atoms with Crippen LogP contribution in [0.2, 0.25) is 0 Å². The van der Waals surface area contributed by atoms with Crippen LogP contribution in [0.5, 0.6) is 0 Å². The summed E-state index contributed by atoms with van der Waals surface area (Å²) in [6, 6.07) is 0.0493. The largest absolute Gasteiger partial charge is 0.469 e. The number of hydrogen-bond acceptors (Lipinski definition) is 5. The van der Waals surface area contributed by atoms with Gasteiger partial charge in [-0.2, -0.15) is 5.10 Å². The van der Waals surface area contributed by atoms with Gasteiger partial charge in [-0.05, 0) is 19.3 Å². The molecule has 0 radical (unpaired) electrons. The van der Waals surface area contributed by atoms with Crippen LogP contribution >= 0.6 is 0 Å². The number of ether oxygens (including phenoxy) is 1. The third-order valence-corrected chi connectivity index (χ3v) is 3.55. The van der Waals surface area contributed by atoms with E-state index in [2.05, 4.69) is 5.10 Å². The minimum absolute atomic E-state index is 0.0493. The average molecular weight is 266 g/mol. The molecule has 19 heavy (non-hydrogen) atoms. The van der Waals surface area contributed by atoms with Gasteiger partial charge in [-0.25, -0.2) is 0 Å². The Kier molecular flexibility index (Phi) is 3.73. The summed E-state index contributed by atoms with van der Waals surface area (Å²) in [6.45, 7) is 0. The third kappa shape index (κ3) is 2.69. The molecule has 0 bridgehead atoms. The number of primary amides is 1. The summed E-state index contributed by atoms with van der Waals surface area (Å²) in [5, 5.41) is 4.12. The summed E-state index contributed by atoms with van der Waals surface area (Å²) in [7, 11) is 1.39. The summed E-state index contributed by atoms with van der Waals surface area (Å²) < 4.78 is 6.42. The van der Waals surface area contributed by atoms with Gasteiger partial charge in [0.05, 0.1) is 24.8 Å². The smallest absolute Gasteiger partial charge is 0.308 e. The summed E-state index contributed by atoms with van der Waals surface area (Å²) >= 11 is 0. The zero-order chi connectivity index (χ0) is 14.0. The van der Waals surface area contributed by atoms with Crippen molar-refractivity contribution in [1.82, 2.24) is 9.78 Å². The van der Waals surface area contributed by atoms with Gasteiger partial charge in [-0.3, -0.25) is 14.3 Å². The number of carbonyl (C=O) groups excluding carboxylic acids is 2. The van der Waals surface area contributed by atoms with Crippen molar-refractivity contribution < 1.29 is 14.3 Å². The van der Waals surface area contributed by atoms with Gasteiger partial charge in [0, 0.05) is 6.20 Å². The molecule has 7 nitrogen and oxygen atoms in total. The van der Waals surface area contributed by atoms with Crippen molar-refractivity contribution in [2.45, 2.75) is 31.7 Å². The van der Waals surface area contributed by atoms with Crippen molar-refractivity contribution in [2.24, 2.45) is 11.7 Å². The molecular formula is C12H18N4O3. The van der Waals surface area contributed by atoms with Crippen molar-refractivity contribution in [3.8, 4) is 0 Å². The predicted octanol–water partition coefficient (Wildman–Crippen LogP) is 0.468. The number of aromatic nitrogens is 2. The number of carbonyl (C=O) groups is 2. The Hall–Kier alpha value is -2.05. The first-order valence-corrected chi connectivity index (χ1v) is 6.25. The number of methoxy groups -OCH3 is 1. The molecule has 0 spiro atoms. The van der Waals surface area contributed by atoms with E-state index in [4.69, 9.17) is 16.2 Å². The highest BCUT2D eigenvalue weighted by molar-refractivity contribution is 5.95. The second-order valence-corrected chi connectivity index (χ2v) is 4.82. The van der Waals surface area contributed by atoms with E-state index in [0.717, 1.165) is 19.3 Å². The minimum atomic E-state index is -0.642. The zero-order valence-corrected chi connectivity index (χ0v) is 10.8. The van der Waals surface area contributed by atoms with Gasteiger partial charge < -0.3 is 16.2 Å². The second kappa shape index (κ2) is 5.29. The number of nitrogens with zero attached hydrogens (tertiary/aromatic N) is 2. The maximum Gasteiger partial charge on any atom is 0.308 e. The van der Waals surface area contributed by atoms with Crippen molar-refractivity contribution in [1.29, 1.82) is 0 Å². The summed E-state index contributed by atoms with van der Waals surface area (Å²) in [5.41, 5.74) is 11.2. The fourth-order valence-corrected chi connectivity index (χ4v) is 2.57. The van der Waals surface area contributed by atoms with Crippen molar-refractivity contribution in [3.05, 3.63) is 11.9 Å². The van der Waals surface area contributed by atoms with Crippen molar-refractivity contribution in [2.75, 3.05) is 12.8 Å². The third-order valence-electron chi connectivity index (χ3n) is 3.55. The van der Waals surface area contributed by atoms with Crippen molar-refractivity contribution >= 4 is 17.6 Å². The predicted molar refractivity (Wildman–Crippen MR) is 68.2 cm³/mol. The van der Waals surface area contributed by atoms with Gasteiger partial charge >= 0.3 is 5.97 Å². The van der Waals surface area contributed by atoms with Crippen LogP contribution < -0.4 is 11.5 Å². The molecule has 1 aromatic rings. The molecule has 1 aliphatic rings. The first-order chi connectivity index (χ1) is 9.02. The molecule has 1 fully saturated rings. The average Bonchev–Trinajstić information content (AvgIpc) is 2.80. The second-order valence-electron chi connectivity index (χ2n) is 4.82. The molecular weight excluding hydrogens is 248 g/mol. The summed E-state index contributed by atoms with van der Waals surface area (Å²) in [5.74, 6) is -0.956. The highest BCUT2D eigenvalue weighted by atomic mass is 16.5. The van der Waals surface area contributed by atoms with E-state index < -0.39 is 5.91 Å². The molecule has 0 saturated heterocycles. The minimum Gasteiger partial charge on any atom is -0.469 e. The van der Waals surface area contributed by atoms with Gasteiger partial charge in [0.1, 0.15) is 0 Å². The van der Waals surface area contributed by atoms with Crippen molar-refractivity contribution in [3.63, 3.8) is 0 Å². The van der Waals surface area contributed by atoms with Gasteiger partial charge in [-0.1, -0.05) is 6.42 Å². The molecule has 4 N–H and O–H groups in total. The highest BCUT2D eigenvalue weighted by Gasteiger charge is 2.30. The lowest BCUT2D eigenvalue weighted by molar-refractivity contribution is -0.147. The molecule has 104 valence electrons. The normalized spacial score (nSPS) is 23.0. The number of anilines is 1. The van der Waals surface area contributed by atoms with Crippen LogP contribution in [0.15, 0.2) is 6.20 Å². The molecule has 2 rings (SSSR count). The van der Waals surface area contributed by atoms with Gasteiger partial charge in [-0.15, -0.1) is 0 Å². The molecule has 7 heteroatoms. The SMILES string of the molecule is COC(=O)C1CCCC(n2cc(N)c(C(N)=O)n2)C1. The summed E-state index contributed by atoms with van der Waals surface area (Å²) in [6.07, 6.45) is 4.88. The number of nitrogen functional groups attached to an aromatic ring is 1. The van der Waals surface area contributed by atoms with Crippen LogP contribution in [0, 0.1) is 5.92 Å². The van der Waals surface area contributed by atoms with Crippen LogP contribution in [0.1, 0.15) is 42.2 Å². The Balaban J connectivity index is 2.15. The lowest BCUT2D eigenvalue weighted by Gasteiger charge is -2.27. The Morgan fingerprint density at radius 3 is 2.79 bits per heavy atom. The zero-order valence-electron chi connectivity index (χ0n) is 10.8. The van der Waals surface area contributed by atoms with E-state index >= 15 is 0 Å². The molecule has 1 aromatic heterocycles. The van der Waals surface area contributed by atoms with Crippen LogP contribution in [0.4, 0.5) is 5.69 Å². The Morgan fingerprint density at radius 2 is 2.21 bits per heavy atom. The molecule has 2 unspecified atom stereocenters. The molecule has 0 aliphatic heterocycles. The Morgan fingerprint density at radius 1 is 1.47 bits per heavy atom. The molecule has 1 saturated carbocycles. The number of amides is 1. The van der Waals surface area contributed by atoms with E-state index in [1.165, 1.54) is 7.11 Å².